The zero-order valence-corrected chi connectivity index (χ0v) is 19.9. The topological polar surface area (TPSA) is 84.9 Å². The first-order chi connectivity index (χ1) is 15.9. The minimum Gasteiger partial charge on any atom is -0.490 e. The van der Waals surface area contributed by atoms with Crippen LogP contribution in [0, 0.1) is 6.92 Å². The summed E-state index contributed by atoms with van der Waals surface area (Å²) in [7, 11) is -3.62. The minimum absolute atomic E-state index is 0.0463. The number of hydrogen-bond donors (Lipinski definition) is 1. The van der Waals surface area contributed by atoms with Crippen LogP contribution < -0.4 is 10.1 Å². The number of nitrogens with zero attached hydrogens (tertiary/aromatic N) is 1. The fourth-order valence-corrected chi connectivity index (χ4v) is 6.08. The quantitative estimate of drug-likeness (QED) is 0.647. The first kappa shape index (κ1) is 23.7. The van der Waals surface area contributed by atoms with Crippen molar-refractivity contribution in [1.82, 2.24) is 4.31 Å². The van der Waals surface area contributed by atoms with Gasteiger partial charge in [0.1, 0.15) is 12.4 Å². The van der Waals surface area contributed by atoms with Crippen LogP contribution >= 0.6 is 0 Å². The van der Waals surface area contributed by atoms with E-state index in [9.17, 15) is 13.2 Å². The summed E-state index contributed by atoms with van der Waals surface area (Å²) in [6, 6.07) is 12.1. The second-order valence-corrected chi connectivity index (χ2v) is 10.6. The highest BCUT2D eigenvalue weighted by Crippen LogP contribution is 2.27. The van der Waals surface area contributed by atoms with Crippen LogP contribution in [-0.2, 0) is 14.8 Å². The largest absolute Gasteiger partial charge is 0.490 e. The summed E-state index contributed by atoms with van der Waals surface area (Å²) in [5, 5.41) is 2.85. The van der Waals surface area contributed by atoms with Crippen molar-refractivity contribution in [2.75, 3.05) is 31.6 Å². The van der Waals surface area contributed by atoms with Crippen molar-refractivity contribution in [1.29, 1.82) is 0 Å². The number of anilines is 1. The Kier molecular flexibility index (Phi) is 7.67. The van der Waals surface area contributed by atoms with Gasteiger partial charge >= 0.3 is 0 Å². The van der Waals surface area contributed by atoms with Crippen LogP contribution in [0.5, 0.6) is 5.75 Å². The SMILES string of the molecule is Cc1ccc(NC(=O)c2ccccc2OCC2CCCO2)cc1S(=O)(=O)N1CCCCCC1. The van der Waals surface area contributed by atoms with Gasteiger partial charge in [0.15, 0.2) is 0 Å². The Hall–Kier alpha value is -2.42. The van der Waals surface area contributed by atoms with E-state index in [0.717, 1.165) is 45.1 Å². The molecule has 2 fully saturated rings. The molecule has 0 aliphatic carbocycles. The zero-order chi connectivity index (χ0) is 23.3. The van der Waals surface area contributed by atoms with E-state index >= 15 is 0 Å². The molecule has 1 amide bonds. The second kappa shape index (κ2) is 10.7. The summed E-state index contributed by atoms with van der Waals surface area (Å²) < 4.78 is 39.7. The summed E-state index contributed by atoms with van der Waals surface area (Å²) in [6.45, 7) is 3.99. The molecule has 4 rings (SSSR count). The third-order valence-electron chi connectivity index (χ3n) is 6.21. The molecule has 0 radical (unpaired) electrons. The van der Waals surface area contributed by atoms with Gasteiger partial charge in [-0.15, -0.1) is 0 Å². The van der Waals surface area contributed by atoms with Crippen molar-refractivity contribution in [2.24, 2.45) is 0 Å². The average molecular weight is 473 g/mol. The summed E-state index contributed by atoms with van der Waals surface area (Å²) in [6.07, 6.45) is 5.86. The molecule has 2 aliphatic heterocycles. The average Bonchev–Trinajstić information content (AvgIpc) is 3.18. The molecule has 0 saturated carbocycles. The van der Waals surface area contributed by atoms with Crippen LogP contribution in [0.4, 0.5) is 5.69 Å². The van der Waals surface area contributed by atoms with Gasteiger partial charge in [-0.25, -0.2) is 8.42 Å². The van der Waals surface area contributed by atoms with E-state index in [1.165, 1.54) is 0 Å². The Morgan fingerprint density at radius 2 is 1.85 bits per heavy atom. The number of rotatable bonds is 7. The minimum atomic E-state index is -3.62. The lowest BCUT2D eigenvalue weighted by molar-refractivity contribution is 0.0673. The van der Waals surface area contributed by atoms with Crippen LogP contribution in [0.25, 0.3) is 0 Å². The number of sulfonamides is 1. The number of para-hydroxylation sites is 1. The van der Waals surface area contributed by atoms with Crippen LogP contribution in [0.1, 0.15) is 54.4 Å². The Balaban J connectivity index is 1.51. The predicted molar refractivity (Wildman–Crippen MR) is 127 cm³/mol. The van der Waals surface area contributed by atoms with Crippen LogP contribution in [0.3, 0.4) is 0 Å². The molecule has 1 unspecified atom stereocenters. The monoisotopic (exact) mass is 472 g/mol. The molecule has 0 aromatic heterocycles. The van der Waals surface area contributed by atoms with Crippen molar-refractivity contribution in [3.63, 3.8) is 0 Å². The highest BCUT2D eigenvalue weighted by molar-refractivity contribution is 7.89. The Morgan fingerprint density at radius 1 is 1.09 bits per heavy atom. The van der Waals surface area contributed by atoms with Crippen molar-refractivity contribution in [3.8, 4) is 5.75 Å². The molecule has 1 N–H and O–H groups in total. The normalized spacial score (nSPS) is 19.7. The zero-order valence-electron chi connectivity index (χ0n) is 19.1. The van der Waals surface area contributed by atoms with Gasteiger partial charge in [0, 0.05) is 25.4 Å². The number of carbonyl (C=O) groups excluding carboxylic acids is 1. The van der Waals surface area contributed by atoms with E-state index in [-0.39, 0.29) is 16.9 Å². The summed E-state index contributed by atoms with van der Waals surface area (Å²) in [5.41, 5.74) is 1.50. The fourth-order valence-electron chi connectivity index (χ4n) is 4.31. The van der Waals surface area contributed by atoms with Gasteiger partial charge in [0.25, 0.3) is 5.91 Å². The highest BCUT2D eigenvalue weighted by atomic mass is 32.2. The molecule has 2 aliphatic rings. The maximum absolute atomic E-state index is 13.3. The van der Waals surface area contributed by atoms with Crippen molar-refractivity contribution in [3.05, 3.63) is 53.6 Å². The number of nitrogens with one attached hydrogen (secondary N) is 1. The molecule has 33 heavy (non-hydrogen) atoms. The number of hydrogen-bond acceptors (Lipinski definition) is 5. The summed E-state index contributed by atoms with van der Waals surface area (Å²) in [5.74, 6) is 0.134. The van der Waals surface area contributed by atoms with E-state index in [0.29, 0.717) is 42.3 Å². The molecule has 0 bridgehead atoms. The molecule has 8 heteroatoms. The molecule has 2 heterocycles. The molecular formula is C25H32N2O5S. The van der Waals surface area contributed by atoms with Gasteiger partial charge < -0.3 is 14.8 Å². The third kappa shape index (κ3) is 5.75. The van der Waals surface area contributed by atoms with Crippen molar-refractivity contribution < 1.29 is 22.7 Å². The first-order valence-electron chi connectivity index (χ1n) is 11.7. The summed E-state index contributed by atoms with van der Waals surface area (Å²) >= 11 is 0. The Labute approximate surface area is 196 Å². The van der Waals surface area contributed by atoms with E-state index in [2.05, 4.69) is 5.32 Å². The first-order valence-corrected chi connectivity index (χ1v) is 13.1. The van der Waals surface area contributed by atoms with Gasteiger partial charge in [-0.05, 0) is 62.4 Å². The fraction of sp³-hybridized carbons (Fsp3) is 0.480. The van der Waals surface area contributed by atoms with Crippen molar-refractivity contribution >= 4 is 21.6 Å². The molecule has 7 nitrogen and oxygen atoms in total. The Morgan fingerprint density at radius 3 is 2.58 bits per heavy atom. The maximum Gasteiger partial charge on any atom is 0.259 e. The molecule has 178 valence electrons. The van der Waals surface area contributed by atoms with Gasteiger partial charge in [-0.2, -0.15) is 4.31 Å². The number of amides is 1. The van der Waals surface area contributed by atoms with Crippen molar-refractivity contribution in [2.45, 2.75) is 56.4 Å². The van der Waals surface area contributed by atoms with Gasteiger partial charge in [0.2, 0.25) is 10.0 Å². The van der Waals surface area contributed by atoms with E-state index < -0.39 is 10.0 Å². The standard InChI is InChI=1S/C25H32N2O5S/c1-19-12-13-20(17-24(19)33(29,30)27-14-6-2-3-7-15-27)26-25(28)22-10-4-5-11-23(22)32-18-21-9-8-16-31-21/h4-5,10-13,17,21H,2-3,6-9,14-16,18H2,1H3,(H,26,28). The molecular weight excluding hydrogens is 440 g/mol. The van der Waals surface area contributed by atoms with Crippen LogP contribution in [0.15, 0.2) is 47.4 Å². The van der Waals surface area contributed by atoms with E-state index in [1.54, 1.807) is 47.6 Å². The number of carbonyl (C=O) groups is 1. The van der Waals surface area contributed by atoms with E-state index in [1.807, 2.05) is 6.07 Å². The lowest BCUT2D eigenvalue weighted by Gasteiger charge is -2.21. The Bertz CT molecular complexity index is 1070. The number of ether oxygens (including phenoxy) is 2. The third-order valence-corrected chi connectivity index (χ3v) is 8.25. The van der Waals surface area contributed by atoms with Gasteiger partial charge in [-0.1, -0.05) is 31.0 Å². The molecule has 2 aromatic carbocycles. The maximum atomic E-state index is 13.3. The van der Waals surface area contributed by atoms with Gasteiger partial charge in [0.05, 0.1) is 16.6 Å². The van der Waals surface area contributed by atoms with Crippen LogP contribution in [0.2, 0.25) is 0 Å². The summed E-state index contributed by atoms with van der Waals surface area (Å²) in [4.78, 5) is 13.3. The lowest BCUT2D eigenvalue weighted by atomic mass is 10.1. The second-order valence-electron chi connectivity index (χ2n) is 8.69. The van der Waals surface area contributed by atoms with Gasteiger partial charge in [-0.3, -0.25) is 4.79 Å². The number of aryl methyl sites for hydroxylation is 1. The highest BCUT2D eigenvalue weighted by Gasteiger charge is 2.27. The molecule has 2 aromatic rings. The number of benzene rings is 2. The van der Waals surface area contributed by atoms with E-state index in [4.69, 9.17) is 9.47 Å². The molecule has 0 spiro atoms. The molecule has 1 atom stereocenters. The molecule has 2 saturated heterocycles. The smallest absolute Gasteiger partial charge is 0.259 e. The van der Waals surface area contributed by atoms with Crippen LogP contribution in [-0.4, -0.2) is 51.0 Å². The lowest BCUT2D eigenvalue weighted by Crippen LogP contribution is -2.32. The predicted octanol–water partition coefficient (Wildman–Crippen LogP) is 4.37.